The number of nitrogens with zero attached hydrogens (tertiary/aromatic N) is 1. The van der Waals surface area contributed by atoms with Gasteiger partial charge in [-0.2, -0.15) is 0 Å². The Kier molecular flexibility index (Phi) is 2.94. The summed E-state index contributed by atoms with van der Waals surface area (Å²) in [6, 6.07) is 4.21. The summed E-state index contributed by atoms with van der Waals surface area (Å²) in [5, 5.41) is 0. The largest absolute Gasteiger partial charge is 0.372 e. The molecule has 4 heteroatoms. The van der Waals surface area contributed by atoms with Crippen molar-refractivity contribution >= 4 is 11.0 Å². The van der Waals surface area contributed by atoms with Crippen molar-refractivity contribution < 1.29 is 4.74 Å². The van der Waals surface area contributed by atoms with Gasteiger partial charge in [0.1, 0.15) is 11.9 Å². The Morgan fingerprint density at radius 2 is 2.19 bits per heavy atom. The van der Waals surface area contributed by atoms with Crippen LogP contribution in [0.3, 0.4) is 0 Å². The monoisotopic (exact) mass is 219 g/mol. The van der Waals surface area contributed by atoms with Crippen LogP contribution in [0.15, 0.2) is 12.1 Å². The van der Waals surface area contributed by atoms with E-state index in [0.29, 0.717) is 6.54 Å². The normalized spacial score (nSPS) is 13.2. The molecule has 0 radical (unpaired) electrons. The number of nitrogens with two attached hydrogens (primary N) is 1. The van der Waals surface area contributed by atoms with Crippen LogP contribution >= 0.6 is 0 Å². The summed E-state index contributed by atoms with van der Waals surface area (Å²) in [6.07, 6.45) is -0.160. The smallest absolute Gasteiger partial charge is 0.137 e. The molecule has 2 rings (SSSR count). The Morgan fingerprint density at radius 1 is 1.44 bits per heavy atom. The Hall–Kier alpha value is -1.39. The SMILES string of the molecule is COC(CN)c1nc2c(C)cc(C)cc2[nH]1. The van der Waals surface area contributed by atoms with Crippen LogP contribution in [0.1, 0.15) is 23.1 Å². The molecule has 86 valence electrons. The summed E-state index contributed by atoms with van der Waals surface area (Å²) in [6.45, 7) is 4.56. The highest BCUT2D eigenvalue weighted by atomic mass is 16.5. The standard InChI is InChI=1S/C12H17N3O/c1-7-4-8(2)11-9(5-7)14-12(15-11)10(6-13)16-3/h4-5,10H,6,13H2,1-3H3,(H,14,15). The van der Waals surface area contributed by atoms with Gasteiger partial charge in [-0.15, -0.1) is 0 Å². The quantitative estimate of drug-likeness (QED) is 0.827. The van der Waals surface area contributed by atoms with Crippen LogP contribution in [-0.2, 0) is 4.74 Å². The van der Waals surface area contributed by atoms with E-state index in [1.165, 1.54) is 11.1 Å². The fourth-order valence-electron chi connectivity index (χ4n) is 1.96. The van der Waals surface area contributed by atoms with E-state index in [1.54, 1.807) is 7.11 Å². The van der Waals surface area contributed by atoms with Gasteiger partial charge in [0, 0.05) is 13.7 Å². The number of nitrogens with one attached hydrogen (secondary N) is 1. The van der Waals surface area contributed by atoms with E-state index >= 15 is 0 Å². The molecule has 0 aliphatic rings. The van der Waals surface area contributed by atoms with Crippen LogP contribution in [0.2, 0.25) is 0 Å². The van der Waals surface area contributed by atoms with Gasteiger partial charge in [-0.1, -0.05) is 6.07 Å². The van der Waals surface area contributed by atoms with Crippen LogP contribution in [-0.4, -0.2) is 23.6 Å². The predicted octanol–water partition coefficient (Wildman–Crippen LogP) is 1.83. The van der Waals surface area contributed by atoms with Crippen molar-refractivity contribution in [1.29, 1.82) is 0 Å². The average Bonchev–Trinajstić information content (AvgIpc) is 2.63. The molecular weight excluding hydrogens is 202 g/mol. The molecule has 0 fully saturated rings. The van der Waals surface area contributed by atoms with Crippen molar-refractivity contribution in [3.05, 3.63) is 29.1 Å². The number of aryl methyl sites for hydroxylation is 2. The van der Waals surface area contributed by atoms with E-state index < -0.39 is 0 Å². The molecule has 1 aromatic heterocycles. The fraction of sp³-hybridized carbons (Fsp3) is 0.417. The predicted molar refractivity (Wildman–Crippen MR) is 64.4 cm³/mol. The summed E-state index contributed by atoms with van der Waals surface area (Å²) in [7, 11) is 1.64. The van der Waals surface area contributed by atoms with Crippen molar-refractivity contribution in [1.82, 2.24) is 9.97 Å². The van der Waals surface area contributed by atoms with Gasteiger partial charge in [0.2, 0.25) is 0 Å². The van der Waals surface area contributed by atoms with Gasteiger partial charge in [-0.3, -0.25) is 0 Å². The van der Waals surface area contributed by atoms with Gasteiger partial charge < -0.3 is 15.5 Å². The molecule has 1 heterocycles. The zero-order valence-corrected chi connectivity index (χ0v) is 9.87. The van der Waals surface area contributed by atoms with E-state index in [-0.39, 0.29) is 6.10 Å². The lowest BCUT2D eigenvalue weighted by atomic mass is 10.1. The van der Waals surface area contributed by atoms with Crippen LogP contribution in [0.4, 0.5) is 0 Å². The average molecular weight is 219 g/mol. The molecule has 0 aliphatic carbocycles. The van der Waals surface area contributed by atoms with Crippen molar-refractivity contribution in [2.24, 2.45) is 5.73 Å². The van der Waals surface area contributed by atoms with Gasteiger partial charge >= 0.3 is 0 Å². The van der Waals surface area contributed by atoms with Crippen molar-refractivity contribution in [2.75, 3.05) is 13.7 Å². The summed E-state index contributed by atoms with van der Waals surface area (Å²) >= 11 is 0. The molecule has 16 heavy (non-hydrogen) atoms. The van der Waals surface area contributed by atoms with Crippen molar-refractivity contribution in [3.63, 3.8) is 0 Å². The van der Waals surface area contributed by atoms with Crippen LogP contribution in [0.5, 0.6) is 0 Å². The minimum absolute atomic E-state index is 0.160. The Morgan fingerprint density at radius 3 is 2.81 bits per heavy atom. The zero-order valence-electron chi connectivity index (χ0n) is 9.87. The molecule has 1 aromatic carbocycles. The van der Waals surface area contributed by atoms with Gasteiger partial charge in [0.15, 0.2) is 0 Å². The highest BCUT2D eigenvalue weighted by Crippen LogP contribution is 2.21. The molecular formula is C12H17N3O. The molecule has 0 spiro atoms. The first kappa shape index (κ1) is 11.1. The minimum Gasteiger partial charge on any atom is -0.372 e. The van der Waals surface area contributed by atoms with Gasteiger partial charge in [0.25, 0.3) is 0 Å². The van der Waals surface area contributed by atoms with E-state index in [0.717, 1.165) is 16.9 Å². The molecule has 0 saturated heterocycles. The van der Waals surface area contributed by atoms with Crippen LogP contribution in [0, 0.1) is 13.8 Å². The van der Waals surface area contributed by atoms with E-state index in [9.17, 15) is 0 Å². The van der Waals surface area contributed by atoms with Gasteiger partial charge in [0.05, 0.1) is 11.0 Å². The second kappa shape index (κ2) is 4.23. The molecule has 0 saturated carbocycles. The van der Waals surface area contributed by atoms with Gasteiger partial charge in [-0.25, -0.2) is 4.98 Å². The number of H-pyrrole nitrogens is 1. The van der Waals surface area contributed by atoms with Gasteiger partial charge in [-0.05, 0) is 31.0 Å². The third-order valence-electron chi connectivity index (χ3n) is 2.74. The number of hydrogen-bond donors (Lipinski definition) is 2. The molecule has 0 bridgehead atoms. The topological polar surface area (TPSA) is 63.9 Å². The number of benzene rings is 1. The molecule has 1 atom stereocenters. The first-order valence-corrected chi connectivity index (χ1v) is 5.35. The summed E-state index contributed by atoms with van der Waals surface area (Å²) in [4.78, 5) is 7.80. The number of methoxy groups -OCH3 is 1. The zero-order chi connectivity index (χ0) is 11.7. The third-order valence-corrected chi connectivity index (χ3v) is 2.74. The fourth-order valence-corrected chi connectivity index (χ4v) is 1.96. The molecule has 0 aliphatic heterocycles. The first-order valence-electron chi connectivity index (χ1n) is 5.35. The Balaban J connectivity index is 2.55. The summed E-state index contributed by atoms with van der Waals surface area (Å²) in [5.74, 6) is 0.800. The lowest BCUT2D eigenvalue weighted by molar-refractivity contribution is 0.104. The van der Waals surface area contributed by atoms with E-state index in [2.05, 4.69) is 35.9 Å². The number of hydrogen-bond acceptors (Lipinski definition) is 3. The van der Waals surface area contributed by atoms with Crippen LogP contribution in [0.25, 0.3) is 11.0 Å². The minimum atomic E-state index is -0.160. The molecule has 1 unspecified atom stereocenters. The lowest BCUT2D eigenvalue weighted by Crippen LogP contribution is -2.15. The molecule has 4 nitrogen and oxygen atoms in total. The number of ether oxygens (including phenoxy) is 1. The third kappa shape index (κ3) is 1.81. The first-order chi connectivity index (χ1) is 7.65. The maximum absolute atomic E-state index is 5.62. The number of aromatic nitrogens is 2. The Labute approximate surface area is 94.8 Å². The molecule has 3 N–H and O–H groups in total. The maximum atomic E-state index is 5.62. The lowest BCUT2D eigenvalue weighted by Gasteiger charge is -2.08. The number of fused-ring (bicyclic) bond motifs is 1. The molecule has 2 aromatic rings. The van der Waals surface area contributed by atoms with Crippen LogP contribution < -0.4 is 5.73 Å². The maximum Gasteiger partial charge on any atom is 0.137 e. The summed E-state index contributed by atoms with van der Waals surface area (Å²) < 4.78 is 5.27. The summed E-state index contributed by atoms with van der Waals surface area (Å²) in [5.41, 5.74) is 10.1. The number of imidazole rings is 1. The van der Waals surface area contributed by atoms with E-state index in [4.69, 9.17) is 10.5 Å². The Bertz CT molecular complexity index is 500. The highest BCUT2D eigenvalue weighted by molar-refractivity contribution is 5.79. The highest BCUT2D eigenvalue weighted by Gasteiger charge is 2.14. The molecule has 0 amide bonds. The number of aromatic amines is 1. The van der Waals surface area contributed by atoms with Crippen molar-refractivity contribution in [3.8, 4) is 0 Å². The van der Waals surface area contributed by atoms with E-state index in [1.807, 2.05) is 0 Å². The second-order valence-corrected chi connectivity index (χ2v) is 4.06. The number of rotatable bonds is 3. The second-order valence-electron chi connectivity index (χ2n) is 4.06. The van der Waals surface area contributed by atoms with Crippen molar-refractivity contribution in [2.45, 2.75) is 20.0 Å².